The molecule has 1 aliphatic rings. The molecule has 0 spiro atoms. The van der Waals surface area contributed by atoms with Crippen LogP contribution in [-0.2, 0) is 9.59 Å². The van der Waals surface area contributed by atoms with Crippen LogP contribution in [-0.4, -0.2) is 22.2 Å². The van der Waals surface area contributed by atoms with E-state index in [2.05, 4.69) is 5.32 Å². The number of thioether (sulfide) groups is 1. The average Bonchev–Trinajstić information content (AvgIpc) is 2.85. The molecule has 0 aromatic heterocycles. The van der Waals surface area contributed by atoms with Crippen LogP contribution in [0.4, 0.5) is 15.8 Å². The first kappa shape index (κ1) is 17.4. The summed E-state index contributed by atoms with van der Waals surface area (Å²) in [5.74, 6) is -1.39. The number of hydrogen-bond donors (Lipinski definition) is 2. The number of para-hydroxylation sites is 1. The lowest BCUT2D eigenvalue weighted by molar-refractivity contribution is -0.121. The average molecular weight is 378 g/mol. The number of anilines is 2. The minimum absolute atomic E-state index is 0.0357. The van der Waals surface area contributed by atoms with Crippen molar-refractivity contribution in [2.24, 2.45) is 0 Å². The zero-order valence-corrected chi connectivity index (χ0v) is 14.4. The first-order valence-corrected chi connectivity index (χ1v) is 8.60. The molecule has 0 bridgehead atoms. The van der Waals surface area contributed by atoms with E-state index >= 15 is 0 Å². The van der Waals surface area contributed by atoms with Crippen molar-refractivity contribution in [3.8, 4) is 0 Å². The molecule has 8 heteroatoms. The Morgan fingerprint density at radius 2 is 2.00 bits per heavy atom. The summed E-state index contributed by atoms with van der Waals surface area (Å²) in [5, 5.41) is 9.88. The standard InChI is InChI=1S/C17H13ClFN3O2S/c18-12-7-6-10(8-13(12)19)21-15(23)9-14-16(24)22(17(20)25-14)11-4-2-1-3-5-11/h1-8,14,20H,9H2,(H,21,23). The molecule has 2 aromatic rings. The first-order chi connectivity index (χ1) is 12.0. The van der Waals surface area contributed by atoms with Gasteiger partial charge in [0.15, 0.2) is 5.17 Å². The monoisotopic (exact) mass is 377 g/mol. The second kappa shape index (κ2) is 7.25. The molecule has 1 fully saturated rings. The molecule has 0 radical (unpaired) electrons. The van der Waals surface area contributed by atoms with E-state index < -0.39 is 17.0 Å². The van der Waals surface area contributed by atoms with Crippen LogP contribution in [0.1, 0.15) is 6.42 Å². The van der Waals surface area contributed by atoms with Crippen molar-refractivity contribution in [3.63, 3.8) is 0 Å². The number of benzene rings is 2. The second-order valence-electron chi connectivity index (χ2n) is 5.30. The third kappa shape index (κ3) is 3.83. The quantitative estimate of drug-likeness (QED) is 0.848. The maximum absolute atomic E-state index is 13.4. The van der Waals surface area contributed by atoms with Gasteiger partial charge in [0.2, 0.25) is 11.8 Å². The Labute approximate surface area is 152 Å². The van der Waals surface area contributed by atoms with E-state index in [-0.39, 0.29) is 28.2 Å². The van der Waals surface area contributed by atoms with Gasteiger partial charge in [-0.2, -0.15) is 0 Å². The Balaban J connectivity index is 1.67. The smallest absolute Gasteiger partial charge is 0.247 e. The zero-order valence-electron chi connectivity index (χ0n) is 12.8. The van der Waals surface area contributed by atoms with Gasteiger partial charge in [0, 0.05) is 12.1 Å². The van der Waals surface area contributed by atoms with Gasteiger partial charge < -0.3 is 5.32 Å². The van der Waals surface area contributed by atoms with Crippen LogP contribution in [0, 0.1) is 11.2 Å². The van der Waals surface area contributed by atoms with E-state index in [1.165, 1.54) is 17.0 Å². The Kier molecular flexibility index (Phi) is 5.06. The van der Waals surface area contributed by atoms with Crippen LogP contribution < -0.4 is 10.2 Å². The highest BCUT2D eigenvalue weighted by Gasteiger charge is 2.39. The van der Waals surface area contributed by atoms with Gasteiger partial charge in [0.05, 0.1) is 10.7 Å². The van der Waals surface area contributed by atoms with Gasteiger partial charge in [0.1, 0.15) is 11.1 Å². The van der Waals surface area contributed by atoms with E-state index in [9.17, 15) is 14.0 Å². The Hall–Kier alpha value is -2.38. The van der Waals surface area contributed by atoms with E-state index in [0.717, 1.165) is 17.8 Å². The van der Waals surface area contributed by atoms with E-state index in [4.69, 9.17) is 17.0 Å². The lowest BCUT2D eigenvalue weighted by atomic mass is 10.2. The lowest BCUT2D eigenvalue weighted by Gasteiger charge is -2.15. The fourth-order valence-electron chi connectivity index (χ4n) is 2.39. The fourth-order valence-corrected chi connectivity index (χ4v) is 3.52. The largest absolute Gasteiger partial charge is 0.326 e. The van der Waals surface area contributed by atoms with Crippen LogP contribution in [0.5, 0.6) is 0 Å². The third-order valence-electron chi connectivity index (χ3n) is 3.54. The van der Waals surface area contributed by atoms with Crippen LogP contribution >= 0.6 is 23.4 Å². The molecule has 2 amide bonds. The molecule has 2 N–H and O–H groups in total. The Bertz CT molecular complexity index is 847. The molecule has 1 saturated heterocycles. The van der Waals surface area contributed by atoms with Crippen molar-refractivity contribution in [3.05, 3.63) is 59.4 Å². The predicted molar refractivity (Wildman–Crippen MR) is 97.7 cm³/mol. The number of halogens is 2. The maximum Gasteiger partial charge on any atom is 0.247 e. The zero-order chi connectivity index (χ0) is 18.0. The minimum atomic E-state index is -0.690. The van der Waals surface area contributed by atoms with Gasteiger partial charge >= 0.3 is 0 Å². The van der Waals surface area contributed by atoms with Crippen LogP contribution in [0.15, 0.2) is 48.5 Å². The van der Waals surface area contributed by atoms with Crippen LogP contribution in [0.3, 0.4) is 0 Å². The highest BCUT2D eigenvalue weighted by molar-refractivity contribution is 8.16. The number of amides is 2. The summed E-state index contributed by atoms with van der Waals surface area (Å²) < 4.78 is 13.4. The number of nitrogens with zero attached hydrogens (tertiary/aromatic N) is 1. The molecule has 5 nitrogen and oxygen atoms in total. The number of nitrogens with one attached hydrogen (secondary N) is 2. The molecular formula is C17H13ClFN3O2S. The molecule has 0 aliphatic carbocycles. The summed E-state index contributed by atoms with van der Waals surface area (Å²) in [4.78, 5) is 25.9. The molecule has 3 rings (SSSR count). The number of hydrogen-bond acceptors (Lipinski definition) is 4. The third-order valence-corrected chi connectivity index (χ3v) is 4.91. The van der Waals surface area contributed by atoms with Gasteiger partial charge in [-0.3, -0.25) is 19.9 Å². The number of carbonyl (C=O) groups excluding carboxylic acids is 2. The van der Waals surface area contributed by atoms with Gasteiger partial charge in [-0.1, -0.05) is 41.6 Å². The minimum Gasteiger partial charge on any atom is -0.326 e. The normalized spacial score (nSPS) is 17.0. The molecule has 128 valence electrons. The van der Waals surface area contributed by atoms with Crippen LogP contribution in [0.2, 0.25) is 5.02 Å². The number of rotatable bonds is 4. The second-order valence-corrected chi connectivity index (χ2v) is 6.90. The molecular weight excluding hydrogens is 365 g/mol. The van der Waals surface area contributed by atoms with Gasteiger partial charge in [0.25, 0.3) is 0 Å². The summed E-state index contributed by atoms with van der Waals surface area (Å²) in [6.45, 7) is 0. The predicted octanol–water partition coefficient (Wildman–Crippen LogP) is 3.89. The van der Waals surface area contributed by atoms with Crippen molar-refractivity contribution in [1.82, 2.24) is 0 Å². The van der Waals surface area contributed by atoms with E-state index in [1.54, 1.807) is 24.3 Å². The van der Waals surface area contributed by atoms with Crippen molar-refractivity contribution in [1.29, 1.82) is 5.41 Å². The number of amidine groups is 1. The fraction of sp³-hybridized carbons (Fsp3) is 0.118. The molecule has 25 heavy (non-hydrogen) atoms. The van der Waals surface area contributed by atoms with Gasteiger partial charge in [-0.25, -0.2) is 4.39 Å². The van der Waals surface area contributed by atoms with Crippen LogP contribution in [0.25, 0.3) is 0 Å². The summed E-state index contributed by atoms with van der Waals surface area (Å²) in [6, 6.07) is 12.8. The van der Waals surface area contributed by atoms with Crippen molar-refractivity contribution in [2.75, 3.05) is 10.2 Å². The summed E-state index contributed by atoms with van der Waals surface area (Å²) >= 11 is 6.62. The molecule has 1 atom stereocenters. The topological polar surface area (TPSA) is 73.3 Å². The highest BCUT2D eigenvalue weighted by atomic mass is 35.5. The summed E-state index contributed by atoms with van der Waals surface area (Å²) in [5.41, 5.74) is 0.852. The Morgan fingerprint density at radius 1 is 1.28 bits per heavy atom. The maximum atomic E-state index is 13.4. The van der Waals surface area contributed by atoms with Gasteiger partial charge in [-0.15, -0.1) is 0 Å². The summed E-state index contributed by atoms with van der Waals surface area (Å²) in [7, 11) is 0. The molecule has 0 saturated carbocycles. The SMILES string of the molecule is N=C1SC(CC(=O)Nc2ccc(Cl)c(F)c2)C(=O)N1c1ccccc1. The molecule has 1 heterocycles. The molecule has 2 aromatic carbocycles. The first-order valence-electron chi connectivity index (χ1n) is 7.35. The molecule has 1 unspecified atom stereocenters. The van der Waals surface area contributed by atoms with Crippen molar-refractivity contribution < 1.29 is 14.0 Å². The summed E-state index contributed by atoms with van der Waals surface area (Å²) in [6.07, 6.45) is -0.112. The van der Waals surface area contributed by atoms with Crippen molar-refractivity contribution in [2.45, 2.75) is 11.7 Å². The van der Waals surface area contributed by atoms with E-state index in [1.807, 2.05) is 6.07 Å². The lowest BCUT2D eigenvalue weighted by Crippen LogP contribution is -2.33. The number of carbonyl (C=O) groups is 2. The van der Waals surface area contributed by atoms with Gasteiger partial charge in [-0.05, 0) is 30.3 Å². The molecule has 1 aliphatic heterocycles. The Morgan fingerprint density at radius 3 is 2.68 bits per heavy atom. The van der Waals surface area contributed by atoms with Crippen molar-refractivity contribution >= 4 is 51.7 Å². The van der Waals surface area contributed by atoms with E-state index in [0.29, 0.717) is 5.69 Å². The highest BCUT2D eigenvalue weighted by Crippen LogP contribution is 2.32.